The van der Waals surface area contributed by atoms with E-state index in [1.807, 2.05) is 12.1 Å². The molecule has 1 aromatic carbocycles. The first-order valence-electron chi connectivity index (χ1n) is 14.5. The molecule has 1 saturated heterocycles. The van der Waals surface area contributed by atoms with E-state index in [2.05, 4.69) is 31.2 Å². The predicted octanol–water partition coefficient (Wildman–Crippen LogP) is 5.24. The number of hydrogen-bond donors (Lipinski definition) is 5. The average molecular weight is 655 g/mol. The van der Waals surface area contributed by atoms with Crippen molar-refractivity contribution in [3.8, 4) is 28.4 Å². The van der Waals surface area contributed by atoms with Gasteiger partial charge in [0.1, 0.15) is 0 Å². The molecule has 10 nitrogen and oxygen atoms in total. The van der Waals surface area contributed by atoms with Gasteiger partial charge in [0.2, 0.25) is 11.8 Å². The molecule has 0 aliphatic carbocycles. The van der Waals surface area contributed by atoms with Crippen molar-refractivity contribution in [1.29, 1.82) is 0 Å². The quantitative estimate of drug-likeness (QED) is 0.131. The molecule has 236 valence electrons. The van der Waals surface area contributed by atoms with Gasteiger partial charge in [-0.15, -0.1) is 0 Å². The number of aliphatic hydroxyl groups is 1. The Balaban J connectivity index is 1.36. The SMILES string of the molecule is COc1nc(-c2ccnc(-c3cccc(Nc4nccc(CNC[C@H](C)O)c4F)c3Cl)c2Cl)ccc1CNC[C@H]1CCC(=O)N1. The van der Waals surface area contributed by atoms with E-state index in [4.69, 9.17) is 32.9 Å². The van der Waals surface area contributed by atoms with E-state index in [9.17, 15) is 9.90 Å². The van der Waals surface area contributed by atoms with Crippen molar-refractivity contribution in [2.24, 2.45) is 0 Å². The van der Waals surface area contributed by atoms with Gasteiger partial charge in [0, 0.05) is 73.3 Å². The molecule has 0 spiro atoms. The van der Waals surface area contributed by atoms with E-state index in [0.29, 0.717) is 70.7 Å². The van der Waals surface area contributed by atoms with E-state index < -0.39 is 11.9 Å². The smallest absolute Gasteiger partial charge is 0.220 e. The first-order valence-corrected chi connectivity index (χ1v) is 15.3. The second-order valence-electron chi connectivity index (χ2n) is 10.7. The lowest BCUT2D eigenvalue weighted by Gasteiger charge is -2.16. The fourth-order valence-corrected chi connectivity index (χ4v) is 5.61. The van der Waals surface area contributed by atoms with Gasteiger partial charge in [-0.3, -0.25) is 9.78 Å². The van der Waals surface area contributed by atoms with Crippen LogP contribution >= 0.6 is 23.2 Å². The Morgan fingerprint density at radius 2 is 1.84 bits per heavy atom. The molecule has 2 atom stereocenters. The molecule has 1 fully saturated rings. The van der Waals surface area contributed by atoms with Crippen LogP contribution < -0.4 is 26.0 Å². The van der Waals surface area contributed by atoms with Crippen LogP contribution in [0.5, 0.6) is 5.88 Å². The highest BCUT2D eigenvalue weighted by Gasteiger charge is 2.21. The Hall–Kier alpha value is -3.87. The highest BCUT2D eigenvalue weighted by molar-refractivity contribution is 6.39. The number of aliphatic hydroxyl groups excluding tert-OH is 1. The number of hydrogen-bond acceptors (Lipinski definition) is 9. The van der Waals surface area contributed by atoms with Crippen LogP contribution in [0.15, 0.2) is 54.9 Å². The summed E-state index contributed by atoms with van der Waals surface area (Å²) in [6, 6.07) is 12.5. The highest BCUT2D eigenvalue weighted by Crippen LogP contribution is 2.40. The Morgan fingerprint density at radius 3 is 2.60 bits per heavy atom. The van der Waals surface area contributed by atoms with Crippen molar-refractivity contribution >= 4 is 40.6 Å². The second-order valence-corrected chi connectivity index (χ2v) is 11.5. The van der Waals surface area contributed by atoms with Crippen molar-refractivity contribution in [2.75, 3.05) is 25.5 Å². The minimum atomic E-state index is -0.550. The summed E-state index contributed by atoms with van der Waals surface area (Å²) >= 11 is 13.7. The summed E-state index contributed by atoms with van der Waals surface area (Å²) in [7, 11) is 1.56. The van der Waals surface area contributed by atoms with Crippen LogP contribution in [-0.2, 0) is 17.9 Å². The molecule has 1 amide bonds. The van der Waals surface area contributed by atoms with Crippen LogP contribution in [-0.4, -0.2) is 58.3 Å². The van der Waals surface area contributed by atoms with Gasteiger partial charge in [0.15, 0.2) is 11.6 Å². The van der Waals surface area contributed by atoms with Crippen LogP contribution in [0, 0.1) is 5.82 Å². The monoisotopic (exact) mass is 653 g/mol. The van der Waals surface area contributed by atoms with Crippen LogP contribution in [0.4, 0.5) is 15.9 Å². The predicted molar refractivity (Wildman–Crippen MR) is 173 cm³/mol. The van der Waals surface area contributed by atoms with Gasteiger partial charge in [-0.25, -0.2) is 14.4 Å². The number of rotatable bonds is 13. The summed E-state index contributed by atoms with van der Waals surface area (Å²) < 4.78 is 20.8. The van der Waals surface area contributed by atoms with E-state index in [1.54, 1.807) is 50.6 Å². The molecule has 1 aliphatic heterocycles. The molecule has 5 N–H and O–H groups in total. The molecule has 0 bridgehead atoms. The summed E-state index contributed by atoms with van der Waals surface area (Å²) in [4.78, 5) is 24.8. The Bertz CT molecular complexity index is 1670. The van der Waals surface area contributed by atoms with Gasteiger partial charge in [-0.05, 0) is 37.6 Å². The normalized spacial score (nSPS) is 15.2. The summed E-state index contributed by atoms with van der Waals surface area (Å²) in [6.07, 6.45) is 3.95. The van der Waals surface area contributed by atoms with Gasteiger partial charge in [-0.2, -0.15) is 0 Å². The number of halogens is 3. The maximum absolute atomic E-state index is 15.2. The van der Waals surface area contributed by atoms with Gasteiger partial charge in [0.05, 0.1) is 40.3 Å². The third kappa shape index (κ3) is 7.86. The zero-order valence-corrected chi connectivity index (χ0v) is 26.3. The molecule has 3 aromatic heterocycles. The number of pyridine rings is 3. The van der Waals surface area contributed by atoms with E-state index in [0.717, 1.165) is 12.0 Å². The molecule has 13 heteroatoms. The maximum atomic E-state index is 15.2. The van der Waals surface area contributed by atoms with Crippen LogP contribution in [0.25, 0.3) is 22.5 Å². The largest absolute Gasteiger partial charge is 0.481 e. The number of aromatic nitrogens is 3. The first-order chi connectivity index (χ1) is 21.7. The van der Waals surface area contributed by atoms with E-state index in [1.165, 1.54) is 6.20 Å². The molecule has 0 unspecified atom stereocenters. The minimum absolute atomic E-state index is 0.0112. The number of carbonyl (C=O) groups is 1. The number of nitrogens with one attached hydrogen (secondary N) is 4. The van der Waals surface area contributed by atoms with Crippen molar-refractivity contribution in [3.05, 3.63) is 81.8 Å². The number of amides is 1. The average Bonchev–Trinajstić information content (AvgIpc) is 3.45. The summed E-state index contributed by atoms with van der Waals surface area (Å²) in [5.74, 6) is 0.0148. The molecule has 0 radical (unpaired) electrons. The van der Waals surface area contributed by atoms with Crippen LogP contribution in [0.2, 0.25) is 10.0 Å². The van der Waals surface area contributed by atoms with Crippen LogP contribution in [0.3, 0.4) is 0 Å². The molecule has 45 heavy (non-hydrogen) atoms. The zero-order valence-electron chi connectivity index (χ0n) is 24.8. The van der Waals surface area contributed by atoms with Gasteiger partial charge < -0.3 is 31.1 Å². The number of methoxy groups -OCH3 is 1. The van der Waals surface area contributed by atoms with Gasteiger partial charge in [-0.1, -0.05) is 41.4 Å². The summed E-state index contributed by atoms with van der Waals surface area (Å²) in [5, 5.41) is 22.4. The van der Waals surface area contributed by atoms with Gasteiger partial charge in [0.25, 0.3) is 0 Å². The zero-order chi connectivity index (χ0) is 31.9. The summed E-state index contributed by atoms with van der Waals surface area (Å²) in [6.45, 7) is 3.38. The summed E-state index contributed by atoms with van der Waals surface area (Å²) in [5.41, 5.74) is 3.86. The van der Waals surface area contributed by atoms with Gasteiger partial charge >= 0.3 is 0 Å². The molecule has 5 rings (SSSR count). The molecule has 1 aliphatic rings. The Morgan fingerprint density at radius 1 is 1.04 bits per heavy atom. The fourth-order valence-electron chi connectivity index (χ4n) is 5.03. The number of nitrogens with zero attached hydrogens (tertiary/aromatic N) is 3. The third-order valence-electron chi connectivity index (χ3n) is 7.32. The number of benzene rings is 1. The standard InChI is InChI=1S/C32H34Cl2FN7O3/c1-18(43)14-36-15-19-10-12-39-31(29(19)35)41-25-5-3-4-23(27(25)33)30-28(34)22(11-13-38-30)24-8-6-20(32(42-24)45-2)16-37-17-21-7-9-26(44)40-21/h3-6,8,10-13,18,21,36-37,43H,7,9,14-17H2,1-2H3,(H,39,41)(H,40,44)/t18-,21+/m0/s1. The van der Waals surface area contributed by atoms with Crippen molar-refractivity contribution < 1.29 is 19.0 Å². The number of ether oxygens (including phenoxy) is 1. The van der Waals surface area contributed by atoms with E-state index in [-0.39, 0.29) is 29.3 Å². The second kappa shape index (κ2) is 14.9. The van der Waals surface area contributed by atoms with E-state index >= 15 is 4.39 Å². The fraction of sp³-hybridized carbons (Fsp3) is 0.312. The highest BCUT2D eigenvalue weighted by atomic mass is 35.5. The number of anilines is 2. The van der Waals surface area contributed by atoms with Crippen molar-refractivity contribution in [2.45, 2.75) is 45.0 Å². The lowest BCUT2D eigenvalue weighted by molar-refractivity contribution is -0.119. The molecule has 4 aromatic rings. The lowest BCUT2D eigenvalue weighted by Crippen LogP contribution is -2.35. The number of carbonyl (C=O) groups excluding carboxylic acids is 1. The maximum Gasteiger partial charge on any atom is 0.220 e. The molecule has 4 heterocycles. The minimum Gasteiger partial charge on any atom is -0.481 e. The third-order valence-corrected chi connectivity index (χ3v) is 8.11. The van der Waals surface area contributed by atoms with Crippen LogP contribution in [0.1, 0.15) is 30.9 Å². The Kier molecular flexibility index (Phi) is 10.8. The first kappa shape index (κ1) is 32.5. The van der Waals surface area contributed by atoms with Crippen molar-refractivity contribution in [3.63, 3.8) is 0 Å². The Labute approximate surface area is 270 Å². The van der Waals surface area contributed by atoms with Crippen molar-refractivity contribution in [1.82, 2.24) is 30.9 Å². The molecular formula is C32H34Cl2FN7O3. The molecular weight excluding hydrogens is 620 g/mol. The lowest BCUT2D eigenvalue weighted by atomic mass is 10.1. The topological polar surface area (TPSA) is 133 Å². The molecule has 0 saturated carbocycles.